The van der Waals surface area contributed by atoms with Gasteiger partial charge >= 0.3 is 6.09 Å². The Morgan fingerprint density at radius 3 is 2.70 bits per heavy atom. The van der Waals surface area contributed by atoms with E-state index < -0.39 is 16.1 Å². The van der Waals surface area contributed by atoms with Crippen LogP contribution in [0.1, 0.15) is 41.9 Å². The number of sulfonamides is 1. The van der Waals surface area contributed by atoms with E-state index in [-0.39, 0.29) is 42.6 Å². The number of aryl methyl sites for hydroxylation is 1. The molecular formula is C24H29FN2O5S. The summed E-state index contributed by atoms with van der Waals surface area (Å²) >= 11 is 0. The van der Waals surface area contributed by atoms with Crippen LogP contribution >= 0.6 is 0 Å². The van der Waals surface area contributed by atoms with Crippen LogP contribution in [-0.2, 0) is 22.9 Å². The maximum atomic E-state index is 13.7. The van der Waals surface area contributed by atoms with Crippen molar-refractivity contribution in [1.29, 1.82) is 0 Å². The standard InChI is InChI=1S/C24H29FN2O5S/c25-19-3-1-2-17(12-19)13-22-21-14-20(8-6-18(21)7-9-23(22)27-24(28)29)32-11-10-26-33(30,31)15-16-4-5-16/h1-3,6,8,12,14,16,22-23,26-27H,4-5,7,9-11,13,15H2,(H,28,29). The molecule has 0 aliphatic heterocycles. The van der Waals surface area contributed by atoms with E-state index in [1.807, 2.05) is 24.3 Å². The largest absolute Gasteiger partial charge is 0.492 e. The average molecular weight is 477 g/mol. The highest BCUT2D eigenvalue weighted by atomic mass is 32.2. The Hall–Kier alpha value is -2.65. The minimum absolute atomic E-state index is 0.172. The first-order chi connectivity index (χ1) is 15.8. The normalized spacial score (nSPS) is 20.2. The molecule has 2 aliphatic rings. The molecule has 2 atom stereocenters. The van der Waals surface area contributed by atoms with Crippen LogP contribution in [0.2, 0.25) is 0 Å². The lowest BCUT2D eigenvalue weighted by Crippen LogP contribution is -2.42. The maximum Gasteiger partial charge on any atom is 0.404 e. The number of carbonyl (C=O) groups is 1. The summed E-state index contributed by atoms with van der Waals surface area (Å²) in [7, 11) is -3.28. The topological polar surface area (TPSA) is 105 Å². The summed E-state index contributed by atoms with van der Waals surface area (Å²) in [6, 6.07) is 11.8. The zero-order valence-corrected chi connectivity index (χ0v) is 19.1. The van der Waals surface area contributed by atoms with Gasteiger partial charge in [-0.2, -0.15) is 0 Å². The van der Waals surface area contributed by atoms with Gasteiger partial charge in [0, 0.05) is 18.5 Å². The smallest absolute Gasteiger partial charge is 0.404 e. The van der Waals surface area contributed by atoms with Crippen LogP contribution in [0.25, 0.3) is 0 Å². The number of fused-ring (bicyclic) bond motifs is 1. The second-order valence-electron chi connectivity index (χ2n) is 8.86. The highest BCUT2D eigenvalue weighted by Crippen LogP contribution is 2.37. The van der Waals surface area contributed by atoms with Crippen molar-refractivity contribution in [2.75, 3.05) is 18.9 Å². The number of hydrogen-bond donors (Lipinski definition) is 3. The summed E-state index contributed by atoms with van der Waals surface area (Å²) in [6.45, 7) is 0.371. The number of amides is 1. The second kappa shape index (κ2) is 10.1. The number of benzene rings is 2. The van der Waals surface area contributed by atoms with Gasteiger partial charge in [0.25, 0.3) is 0 Å². The molecule has 1 amide bonds. The summed E-state index contributed by atoms with van der Waals surface area (Å²) in [5, 5.41) is 11.9. The van der Waals surface area contributed by atoms with Crippen LogP contribution in [0.3, 0.4) is 0 Å². The molecule has 33 heavy (non-hydrogen) atoms. The molecule has 2 aliphatic carbocycles. The molecule has 0 aromatic heterocycles. The highest BCUT2D eigenvalue weighted by Gasteiger charge is 2.31. The van der Waals surface area contributed by atoms with Crippen molar-refractivity contribution >= 4 is 16.1 Å². The molecule has 2 unspecified atom stereocenters. The third-order valence-corrected chi connectivity index (χ3v) is 7.78. The van der Waals surface area contributed by atoms with E-state index in [4.69, 9.17) is 4.74 Å². The van der Waals surface area contributed by atoms with Gasteiger partial charge in [0.1, 0.15) is 18.2 Å². The first-order valence-electron chi connectivity index (χ1n) is 11.3. The van der Waals surface area contributed by atoms with Crippen molar-refractivity contribution in [3.63, 3.8) is 0 Å². The Morgan fingerprint density at radius 1 is 1.15 bits per heavy atom. The molecule has 4 rings (SSSR count). The minimum atomic E-state index is -3.28. The van der Waals surface area contributed by atoms with E-state index in [0.29, 0.717) is 18.6 Å². The van der Waals surface area contributed by atoms with Crippen LogP contribution < -0.4 is 14.8 Å². The fraction of sp³-hybridized carbons (Fsp3) is 0.458. The zero-order valence-electron chi connectivity index (χ0n) is 18.3. The minimum Gasteiger partial charge on any atom is -0.492 e. The SMILES string of the molecule is O=C(O)NC1CCc2ccc(OCCNS(=O)(=O)CC3CC3)cc2C1Cc1cccc(F)c1. The third-order valence-electron chi connectivity index (χ3n) is 6.23. The zero-order chi connectivity index (χ0) is 23.4. The molecule has 0 saturated heterocycles. The molecule has 178 valence electrons. The first kappa shape index (κ1) is 23.5. The number of halogens is 1. The van der Waals surface area contributed by atoms with Crippen LogP contribution in [0.5, 0.6) is 5.75 Å². The van der Waals surface area contributed by atoms with Crippen molar-refractivity contribution in [2.45, 2.75) is 44.1 Å². The van der Waals surface area contributed by atoms with Gasteiger partial charge in [0.15, 0.2) is 0 Å². The van der Waals surface area contributed by atoms with Gasteiger partial charge in [-0.05, 0) is 79.0 Å². The van der Waals surface area contributed by atoms with Gasteiger partial charge in [-0.25, -0.2) is 22.3 Å². The Bertz CT molecular complexity index is 1100. The predicted molar refractivity (Wildman–Crippen MR) is 123 cm³/mol. The molecule has 0 spiro atoms. The number of hydrogen-bond acceptors (Lipinski definition) is 4. The van der Waals surface area contributed by atoms with Gasteiger partial charge in [-0.3, -0.25) is 0 Å². The van der Waals surface area contributed by atoms with Crippen LogP contribution in [0.4, 0.5) is 9.18 Å². The van der Waals surface area contributed by atoms with Gasteiger partial charge in [0.2, 0.25) is 10.0 Å². The Balaban J connectivity index is 1.46. The van der Waals surface area contributed by atoms with Gasteiger partial charge in [0.05, 0.1) is 5.75 Å². The number of ether oxygens (including phenoxy) is 1. The molecule has 3 N–H and O–H groups in total. The molecule has 0 heterocycles. The van der Waals surface area contributed by atoms with E-state index in [2.05, 4.69) is 10.0 Å². The van der Waals surface area contributed by atoms with Gasteiger partial charge < -0.3 is 15.2 Å². The summed E-state index contributed by atoms with van der Waals surface area (Å²) < 4.78 is 46.1. The molecule has 0 bridgehead atoms. The molecule has 7 nitrogen and oxygen atoms in total. The van der Waals surface area contributed by atoms with Crippen molar-refractivity contribution in [2.24, 2.45) is 5.92 Å². The van der Waals surface area contributed by atoms with E-state index in [0.717, 1.165) is 36.0 Å². The number of carboxylic acid groups (broad SMARTS) is 1. The van der Waals surface area contributed by atoms with Crippen LogP contribution in [-0.4, -0.2) is 44.6 Å². The fourth-order valence-electron chi connectivity index (χ4n) is 4.49. The van der Waals surface area contributed by atoms with Crippen molar-refractivity contribution < 1.29 is 27.4 Å². The molecule has 9 heteroatoms. The maximum absolute atomic E-state index is 13.7. The molecule has 1 saturated carbocycles. The molecule has 0 radical (unpaired) electrons. The average Bonchev–Trinajstić information content (AvgIpc) is 3.56. The molecule has 2 aromatic rings. The third kappa shape index (κ3) is 6.68. The summed E-state index contributed by atoms with van der Waals surface area (Å²) in [6.07, 6.45) is 2.73. The van der Waals surface area contributed by atoms with Crippen molar-refractivity contribution in [3.8, 4) is 5.75 Å². The second-order valence-corrected chi connectivity index (χ2v) is 10.7. The van der Waals surface area contributed by atoms with Crippen molar-refractivity contribution in [1.82, 2.24) is 10.0 Å². The predicted octanol–water partition coefficient (Wildman–Crippen LogP) is 3.44. The Labute approximate surface area is 193 Å². The summed E-state index contributed by atoms with van der Waals surface area (Å²) in [4.78, 5) is 11.4. The lowest BCUT2D eigenvalue weighted by Gasteiger charge is -2.34. The van der Waals surface area contributed by atoms with Crippen molar-refractivity contribution in [3.05, 3.63) is 65.0 Å². The lowest BCUT2D eigenvalue weighted by molar-refractivity contribution is 0.185. The van der Waals surface area contributed by atoms with E-state index in [1.165, 1.54) is 12.1 Å². The van der Waals surface area contributed by atoms with E-state index in [1.54, 1.807) is 6.07 Å². The van der Waals surface area contributed by atoms with E-state index in [9.17, 15) is 22.7 Å². The highest BCUT2D eigenvalue weighted by molar-refractivity contribution is 7.89. The van der Waals surface area contributed by atoms with Gasteiger partial charge in [-0.1, -0.05) is 18.2 Å². The monoisotopic (exact) mass is 476 g/mol. The molecule has 1 fully saturated rings. The fourth-order valence-corrected chi connectivity index (χ4v) is 5.95. The number of nitrogens with one attached hydrogen (secondary N) is 2. The molecular weight excluding hydrogens is 447 g/mol. The van der Waals surface area contributed by atoms with Gasteiger partial charge in [-0.15, -0.1) is 0 Å². The summed E-state index contributed by atoms with van der Waals surface area (Å²) in [5.74, 6) is 0.549. The lowest BCUT2D eigenvalue weighted by atomic mass is 9.76. The van der Waals surface area contributed by atoms with Crippen LogP contribution in [0, 0.1) is 11.7 Å². The quantitative estimate of drug-likeness (QED) is 0.456. The number of rotatable bonds is 10. The Kier molecular flexibility index (Phi) is 7.19. The Morgan fingerprint density at radius 2 is 1.97 bits per heavy atom. The molecule has 2 aromatic carbocycles. The summed E-state index contributed by atoms with van der Waals surface area (Å²) in [5.41, 5.74) is 2.87. The first-order valence-corrected chi connectivity index (χ1v) is 12.9. The van der Waals surface area contributed by atoms with E-state index >= 15 is 0 Å². The van der Waals surface area contributed by atoms with Crippen LogP contribution in [0.15, 0.2) is 42.5 Å².